The van der Waals surface area contributed by atoms with Gasteiger partial charge in [-0.25, -0.2) is 0 Å². The van der Waals surface area contributed by atoms with Crippen LogP contribution >= 0.6 is 15.9 Å². The summed E-state index contributed by atoms with van der Waals surface area (Å²) in [6.07, 6.45) is 0.751. The van der Waals surface area contributed by atoms with Gasteiger partial charge in [-0.15, -0.1) is 0 Å². The lowest BCUT2D eigenvalue weighted by Crippen LogP contribution is -2.27. The summed E-state index contributed by atoms with van der Waals surface area (Å²) in [5, 5.41) is 0. The monoisotopic (exact) mass is 328 g/mol. The highest BCUT2D eigenvalue weighted by Gasteiger charge is 2.75. The van der Waals surface area contributed by atoms with Crippen LogP contribution in [0.15, 0.2) is 48.5 Å². The highest BCUT2D eigenvalue weighted by molar-refractivity contribution is 9.10. The number of rotatable bonds is 1. The number of esters is 1. The number of ether oxygens (including phenoxy) is 1. The molecule has 3 heteroatoms. The second-order valence-electron chi connectivity index (χ2n) is 5.47. The molecule has 2 nitrogen and oxygen atoms in total. The minimum Gasteiger partial charge on any atom is -0.468 e. The molecular formula is C17H13BrO2. The summed E-state index contributed by atoms with van der Waals surface area (Å²) in [5.74, 6) is -0.191. The maximum Gasteiger partial charge on any atom is 0.323 e. The highest BCUT2D eigenvalue weighted by Crippen LogP contribution is 2.72. The van der Waals surface area contributed by atoms with Gasteiger partial charge in [-0.2, -0.15) is 0 Å². The summed E-state index contributed by atoms with van der Waals surface area (Å²) in [6.45, 7) is 0. The molecule has 2 aliphatic carbocycles. The average molecular weight is 329 g/mol. The van der Waals surface area contributed by atoms with Crippen LogP contribution in [0.3, 0.4) is 0 Å². The van der Waals surface area contributed by atoms with E-state index in [1.54, 1.807) is 0 Å². The van der Waals surface area contributed by atoms with Gasteiger partial charge in [0.2, 0.25) is 0 Å². The molecule has 20 heavy (non-hydrogen) atoms. The Morgan fingerprint density at radius 3 is 2.05 bits per heavy atom. The first-order valence-corrected chi connectivity index (χ1v) is 7.41. The molecule has 2 aromatic rings. The van der Waals surface area contributed by atoms with Crippen molar-refractivity contribution in [1.82, 2.24) is 0 Å². The van der Waals surface area contributed by atoms with Crippen molar-refractivity contribution in [2.75, 3.05) is 7.11 Å². The van der Waals surface area contributed by atoms with Crippen LogP contribution < -0.4 is 0 Å². The average Bonchev–Trinajstić information content (AvgIpc) is 3.05. The van der Waals surface area contributed by atoms with E-state index in [0.717, 1.165) is 6.42 Å². The van der Waals surface area contributed by atoms with Crippen LogP contribution in [0.25, 0.3) is 11.1 Å². The number of hydrogen-bond donors (Lipinski definition) is 0. The molecule has 1 spiro atoms. The first-order valence-electron chi connectivity index (χ1n) is 6.62. The molecule has 0 saturated heterocycles. The Morgan fingerprint density at radius 2 is 1.55 bits per heavy atom. The van der Waals surface area contributed by atoms with E-state index < -0.39 is 4.32 Å². The van der Waals surface area contributed by atoms with E-state index in [1.807, 2.05) is 24.3 Å². The molecule has 4 rings (SSSR count). The van der Waals surface area contributed by atoms with Gasteiger partial charge in [0.05, 0.1) is 7.11 Å². The van der Waals surface area contributed by atoms with Crippen LogP contribution in [0.2, 0.25) is 0 Å². The Morgan fingerprint density at radius 1 is 1.05 bits per heavy atom. The number of fused-ring (bicyclic) bond motifs is 5. The Balaban J connectivity index is 2.01. The van der Waals surface area contributed by atoms with Gasteiger partial charge < -0.3 is 4.74 Å². The normalized spacial score (nSPS) is 24.1. The fourth-order valence-electron chi connectivity index (χ4n) is 3.67. The van der Waals surface area contributed by atoms with Crippen LogP contribution in [-0.4, -0.2) is 17.4 Å². The van der Waals surface area contributed by atoms with E-state index >= 15 is 0 Å². The van der Waals surface area contributed by atoms with Gasteiger partial charge in [-0.05, 0) is 28.7 Å². The number of methoxy groups -OCH3 is 1. The van der Waals surface area contributed by atoms with Crippen molar-refractivity contribution in [2.24, 2.45) is 0 Å². The molecule has 0 radical (unpaired) electrons. The van der Waals surface area contributed by atoms with E-state index in [0.29, 0.717) is 0 Å². The third-order valence-corrected chi connectivity index (χ3v) is 5.91. The maximum absolute atomic E-state index is 12.2. The van der Waals surface area contributed by atoms with E-state index in [9.17, 15) is 4.79 Å². The van der Waals surface area contributed by atoms with Crippen molar-refractivity contribution in [3.05, 3.63) is 59.7 Å². The van der Waals surface area contributed by atoms with E-state index in [2.05, 4.69) is 40.2 Å². The van der Waals surface area contributed by atoms with Gasteiger partial charge in [0.15, 0.2) is 0 Å². The Hall–Kier alpha value is -1.61. The minimum absolute atomic E-state index is 0.191. The first kappa shape index (κ1) is 12.2. The second-order valence-corrected chi connectivity index (χ2v) is 6.82. The zero-order valence-corrected chi connectivity index (χ0v) is 12.6. The number of benzene rings is 2. The van der Waals surface area contributed by atoms with Crippen molar-refractivity contribution in [3.8, 4) is 11.1 Å². The summed E-state index contributed by atoms with van der Waals surface area (Å²) >= 11 is 3.66. The topological polar surface area (TPSA) is 26.3 Å². The molecule has 0 bridgehead atoms. The van der Waals surface area contributed by atoms with Gasteiger partial charge in [-0.3, -0.25) is 4.79 Å². The minimum atomic E-state index is -0.628. The Bertz CT molecular complexity index is 692. The molecule has 1 atom stereocenters. The summed E-state index contributed by atoms with van der Waals surface area (Å²) in [5.41, 5.74) is 4.64. The third-order valence-electron chi connectivity index (χ3n) is 4.63. The Kier molecular flexibility index (Phi) is 2.27. The molecule has 0 N–H and O–H groups in total. The molecule has 100 valence electrons. The van der Waals surface area contributed by atoms with Crippen LogP contribution in [0.4, 0.5) is 0 Å². The van der Waals surface area contributed by atoms with Crippen molar-refractivity contribution >= 4 is 21.9 Å². The van der Waals surface area contributed by atoms with Gasteiger partial charge in [0.25, 0.3) is 0 Å². The zero-order chi connectivity index (χ0) is 14.0. The Labute approximate surface area is 125 Å². The predicted molar refractivity (Wildman–Crippen MR) is 80.9 cm³/mol. The SMILES string of the molecule is COC(=O)[C@]1(Br)CC12c1ccccc1-c1ccccc12. The molecule has 2 aromatic carbocycles. The van der Waals surface area contributed by atoms with Crippen LogP contribution in [0.5, 0.6) is 0 Å². The fourth-order valence-corrected chi connectivity index (χ4v) is 4.68. The van der Waals surface area contributed by atoms with E-state index in [4.69, 9.17) is 4.74 Å². The fraction of sp³-hybridized carbons (Fsp3) is 0.235. The smallest absolute Gasteiger partial charge is 0.323 e. The summed E-state index contributed by atoms with van der Waals surface area (Å²) in [6, 6.07) is 16.7. The van der Waals surface area contributed by atoms with Gasteiger partial charge in [0, 0.05) is 5.41 Å². The number of alkyl halides is 1. The molecule has 1 fully saturated rings. The quantitative estimate of drug-likeness (QED) is 0.589. The molecule has 0 unspecified atom stereocenters. The number of carbonyl (C=O) groups excluding carboxylic acids is 1. The molecule has 0 aliphatic heterocycles. The van der Waals surface area contributed by atoms with Gasteiger partial charge in [0.1, 0.15) is 4.32 Å². The van der Waals surface area contributed by atoms with Crippen LogP contribution in [-0.2, 0) is 14.9 Å². The summed E-state index contributed by atoms with van der Waals surface area (Å²) in [4.78, 5) is 12.2. The first-order chi connectivity index (χ1) is 9.65. The van der Waals surface area contributed by atoms with Crippen molar-refractivity contribution in [3.63, 3.8) is 0 Å². The van der Waals surface area contributed by atoms with Gasteiger partial charge in [-0.1, -0.05) is 64.5 Å². The summed E-state index contributed by atoms with van der Waals surface area (Å²) < 4.78 is 4.38. The molecule has 0 aromatic heterocycles. The largest absolute Gasteiger partial charge is 0.468 e. The van der Waals surface area contributed by atoms with Gasteiger partial charge >= 0.3 is 5.97 Å². The van der Waals surface area contributed by atoms with Crippen molar-refractivity contribution < 1.29 is 9.53 Å². The second kappa shape index (κ2) is 3.73. The van der Waals surface area contributed by atoms with Crippen LogP contribution in [0, 0.1) is 0 Å². The van der Waals surface area contributed by atoms with Crippen molar-refractivity contribution in [1.29, 1.82) is 0 Å². The molecular weight excluding hydrogens is 316 g/mol. The lowest BCUT2D eigenvalue weighted by molar-refractivity contribution is -0.140. The molecule has 0 amide bonds. The van der Waals surface area contributed by atoms with E-state index in [1.165, 1.54) is 29.4 Å². The maximum atomic E-state index is 12.2. The lowest BCUT2D eigenvalue weighted by Gasteiger charge is -2.17. The number of hydrogen-bond acceptors (Lipinski definition) is 2. The molecule has 2 aliphatic rings. The number of carbonyl (C=O) groups is 1. The highest BCUT2D eigenvalue weighted by atomic mass is 79.9. The third kappa shape index (κ3) is 1.18. The standard InChI is InChI=1S/C17H13BrO2/c1-20-15(19)17(18)10-16(17)13-8-4-2-6-11(13)12-7-3-5-9-14(12)16/h2-9H,10H2,1H3/t17-/m1/s1. The summed E-state index contributed by atoms with van der Waals surface area (Å²) in [7, 11) is 1.45. The lowest BCUT2D eigenvalue weighted by atomic mass is 9.91. The predicted octanol–water partition coefficient (Wildman–Crippen LogP) is 3.66. The molecule has 0 heterocycles. The zero-order valence-electron chi connectivity index (χ0n) is 11.0. The number of halogens is 1. The van der Waals surface area contributed by atoms with Crippen LogP contribution in [0.1, 0.15) is 17.5 Å². The van der Waals surface area contributed by atoms with E-state index in [-0.39, 0.29) is 11.4 Å². The molecule has 1 saturated carbocycles. The van der Waals surface area contributed by atoms with Crippen molar-refractivity contribution in [2.45, 2.75) is 16.2 Å².